The van der Waals surface area contributed by atoms with Crippen molar-refractivity contribution < 1.29 is 0 Å². The molecule has 0 spiro atoms. The molecule has 0 saturated carbocycles. The molecule has 3 rings (SSSR count). The van der Waals surface area contributed by atoms with Crippen LogP contribution in [0.25, 0.3) is 9.40 Å². The molecule has 1 aromatic heterocycles. The first-order chi connectivity index (χ1) is 4.45. The molecule has 2 heterocycles. The average molecular weight is 170 g/mol. The zero-order valence-corrected chi connectivity index (χ0v) is 6.83. The van der Waals surface area contributed by atoms with Crippen molar-refractivity contribution in [3.05, 3.63) is 12.1 Å². The summed E-state index contributed by atoms with van der Waals surface area (Å²) in [5.41, 5.74) is 0. The van der Waals surface area contributed by atoms with Crippen LogP contribution in [0.3, 0.4) is 0 Å². The standard InChI is InChI=1S/C6H2S3/c1-2-4-6(9-8-4)5-3(1)7-5/h1-2H. The first-order valence-electron chi connectivity index (χ1n) is 2.64. The monoisotopic (exact) mass is 170 g/mol. The normalized spacial score (nSPS) is 14.2. The maximum Gasteiger partial charge on any atom is 0.0708 e. The van der Waals surface area contributed by atoms with Gasteiger partial charge in [0, 0.05) is 9.79 Å². The van der Waals surface area contributed by atoms with E-state index >= 15 is 0 Å². The molecule has 2 aromatic rings. The van der Waals surface area contributed by atoms with E-state index in [0.717, 1.165) is 0 Å². The SMILES string of the molecule is c1cc2ssc2c2c1S2. The lowest BCUT2D eigenvalue weighted by Crippen LogP contribution is -1.61. The van der Waals surface area contributed by atoms with Crippen LogP contribution in [0.2, 0.25) is 0 Å². The first kappa shape index (κ1) is 4.77. The number of fused-ring (bicyclic) bond motifs is 3. The molecule has 0 radical (unpaired) electrons. The van der Waals surface area contributed by atoms with Crippen molar-refractivity contribution in [1.82, 2.24) is 0 Å². The molecule has 0 amide bonds. The molecule has 0 N–H and O–H groups in total. The van der Waals surface area contributed by atoms with Gasteiger partial charge in [-0.05, 0) is 12.1 Å². The van der Waals surface area contributed by atoms with Gasteiger partial charge >= 0.3 is 0 Å². The highest BCUT2D eigenvalue weighted by Crippen LogP contribution is 2.56. The smallest absolute Gasteiger partial charge is 0.0708 e. The third-order valence-corrected chi connectivity index (χ3v) is 5.15. The van der Waals surface area contributed by atoms with Crippen LogP contribution in [0.5, 0.6) is 0 Å². The van der Waals surface area contributed by atoms with Crippen molar-refractivity contribution in [2.45, 2.75) is 9.79 Å². The van der Waals surface area contributed by atoms with Crippen molar-refractivity contribution in [2.24, 2.45) is 0 Å². The van der Waals surface area contributed by atoms with Crippen LogP contribution in [0.4, 0.5) is 0 Å². The van der Waals surface area contributed by atoms with Crippen molar-refractivity contribution >= 4 is 41.8 Å². The molecule has 0 unspecified atom stereocenters. The maximum atomic E-state index is 2.22. The number of rotatable bonds is 0. The van der Waals surface area contributed by atoms with E-state index in [4.69, 9.17) is 0 Å². The lowest BCUT2D eigenvalue weighted by atomic mass is 10.4. The van der Waals surface area contributed by atoms with E-state index in [1.54, 1.807) is 0 Å². The van der Waals surface area contributed by atoms with E-state index in [1.165, 1.54) is 19.2 Å². The highest BCUT2D eigenvalue weighted by Gasteiger charge is 2.23. The number of benzene rings is 1. The summed E-state index contributed by atoms with van der Waals surface area (Å²) in [4.78, 5) is 3.03. The molecule has 0 bridgehead atoms. The van der Waals surface area contributed by atoms with Crippen molar-refractivity contribution in [1.29, 1.82) is 0 Å². The minimum Gasteiger partial charge on any atom is -0.0861 e. The fourth-order valence-corrected chi connectivity index (χ4v) is 4.05. The summed E-state index contributed by atoms with van der Waals surface area (Å²) in [5, 5.41) is 0. The van der Waals surface area contributed by atoms with Crippen LogP contribution in [0, 0.1) is 0 Å². The fraction of sp³-hybridized carbons (Fsp3) is 0. The second-order valence-electron chi connectivity index (χ2n) is 1.99. The molecule has 0 aliphatic carbocycles. The van der Waals surface area contributed by atoms with Gasteiger partial charge in [-0.15, -0.1) is 0 Å². The van der Waals surface area contributed by atoms with Gasteiger partial charge in [0.05, 0.1) is 9.40 Å². The van der Waals surface area contributed by atoms with E-state index in [9.17, 15) is 0 Å². The second-order valence-corrected chi connectivity index (χ2v) is 5.22. The van der Waals surface area contributed by atoms with Gasteiger partial charge < -0.3 is 0 Å². The largest absolute Gasteiger partial charge is 0.0861 e. The Kier molecular flexibility index (Phi) is 0.721. The Morgan fingerprint density at radius 2 is 2.11 bits per heavy atom. The lowest BCUT2D eigenvalue weighted by molar-refractivity contribution is 1.47. The van der Waals surface area contributed by atoms with E-state index < -0.39 is 0 Å². The summed E-state index contributed by atoms with van der Waals surface area (Å²) in [6.07, 6.45) is 0. The Morgan fingerprint density at radius 1 is 1.11 bits per heavy atom. The highest BCUT2D eigenvalue weighted by molar-refractivity contribution is 8.05. The van der Waals surface area contributed by atoms with E-state index in [2.05, 4.69) is 12.1 Å². The minimum absolute atomic E-state index is 1.48. The first-order valence-corrected chi connectivity index (χ1v) is 5.61. The summed E-state index contributed by atoms with van der Waals surface area (Å²) >= 11 is 1.92. The Hall–Kier alpha value is 0.01000. The summed E-state index contributed by atoms with van der Waals surface area (Å²) in [6.45, 7) is 0. The molecule has 0 saturated heterocycles. The Morgan fingerprint density at radius 3 is 2.78 bits per heavy atom. The third kappa shape index (κ3) is 0.502. The number of hydrogen-bond donors (Lipinski definition) is 0. The molecule has 0 fully saturated rings. The maximum absolute atomic E-state index is 2.22. The van der Waals surface area contributed by atoms with E-state index in [0.29, 0.717) is 0 Å². The van der Waals surface area contributed by atoms with Crippen molar-refractivity contribution in [2.75, 3.05) is 0 Å². The summed E-state index contributed by atoms with van der Waals surface area (Å²) in [5.74, 6) is 0. The minimum atomic E-state index is 1.48. The molecule has 44 valence electrons. The van der Waals surface area contributed by atoms with E-state index in [-0.39, 0.29) is 0 Å². The van der Waals surface area contributed by atoms with Gasteiger partial charge in [-0.3, -0.25) is 0 Å². The van der Waals surface area contributed by atoms with Crippen LogP contribution in [-0.2, 0) is 0 Å². The van der Waals surface area contributed by atoms with Crippen molar-refractivity contribution in [3.63, 3.8) is 0 Å². The topological polar surface area (TPSA) is 0 Å². The van der Waals surface area contributed by atoms with Crippen LogP contribution < -0.4 is 0 Å². The number of hydrogen-bond acceptors (Lipinski definition) is 3. The van der Waals surface area contributed by atoms with Gasteiger partial charge in [-0.2, -0.15) is 0 Å². The van der Waals surface area contributed by atoms with Crippen LogP contribution in [0.15, 0.2) is 21.9 Å². The molecule has 0 atom stereocenters. The van der Waals surface area contributed by atoms with Crippen LogP contribution in [-0.4, -0.2) is 0 Å². The Balaban J connectivity index is 2.62. The molecule has 9 heavy (non-hydrogen) atoms. The zero-order valence-electron chi connectivity index (χ0n) is 4.38. The molecule has 3 heteroatoms. The van der Waals surface area contributed by atoms with Crippen LogP contribution >= 0.6 is 32.4 Å². The van der Waals surface area contributed by atoms with Gasteiger partial charge in [-0.25, -0.2) is 0 Å². The summed E-state index contributed by atoms with van der Waals surface area (Å²) < 4.78 is 3.01. The van der Waals surface area contributed by atoms with Gasteiger partial charge in [0.15, 0.2) is 0 Å². The Labute approximate surface area is 63.9 Å². The van der Waals surface area contributed by atoms with Crippen molar-refractivity contribution in [3.8, 4) is 0 Å². The van der Waals surface area contributed by atoms with Gasteiger partial charge in [0.1, 0.15) is 0 Å². The fourth-order valence-electron chi connectivity index (χ4n) is 0.888. The predicted octanol–water partition coefficient (Wildman–Crippen LogP) is 3.43. The molecule has 1 aliphatic heterocycles. The third-order valence-electron chi connectivity index (χ3n) is 1.43. The molecule has 1 aromatic carbocycles. The predicted molar refractivity (Wildman–Crippen MR) is 43.8 cm³/mol. The molecule has 1 aliphatic rings. The van der Waals surface area contributed by atoms with E-state index in [1.807, 2.05) is 32.4 Å². The zero-order chi connectivity index (χ0) is 5.84. The molecular formula is C6H2S3. The van der Waals surface area contributed by atoms with Gasteiger partial charge in [0.2, 0.25) is 0 Å². The Bertz CT molecular complexity index is 368. The van der Waals surface area contributed by atoms with Gasteiger partial charge in [-0.1, -0.05) is 32.4 Å². The second kappa shape index (κ2) is 1.36. The lowest BCUT2D eigenvalue weighted by Gasteiger charge is -1.92. The van der Waals surface area contributed by atoms with Gasteiger partial charge in [0.25, 0.3) is 0 Å². The summed E-state index contributed by atoms with van der Waals surface area (Å²) in [6, 6.07) is 4.43. The summed E-state index contributed by atoms with van der Waals surface area (Å²) in [7, 11) is 3.79. The molecular weight excluding hydrogens is 168 g/mol. The highest BCUT2D eigenvalue weighted by atomic mass is 32.9. The average Bonchev–Trinajstić information content (AvgIpc) is 2.43. The van der Waals surface area contributed by atoms with Crippen LogP contribution in [0.1, 0.15) is 0 Å². The molecule has 0 nitrogen and oxygen atoms in total. The quantitative estimate of drug-likeness (QED) is 0.368.